The van der Waals surface area contributed by atoms with Crippen molar-refractivity contribution in [1.82, 2.24) is 0 Å². The molecule has 0 atom stereocenters. The number of aliphatic hydroxyl groups is 1. The van der Waals surface area contributed by atoms with Crippen LogP contribution in [0.4, 0.5) is 0 Å². The van der Waals surface area contributed by atoms with Crippen LogP contribution in [-0.2, 0) is 22.5 Å². The van der Waals surface area contributed by atoms with E-state index >= 15 is 0 Å². The molecule has 0 unspecified atom stereocenters. The van der Waals surface area contributed by atoms with Gasteiger partial charge < -0.3 is 5.11 Å². The zero-order valence-electron chi connectivity index (χ0n) is 2.35. The second-order valence-corrected chi connectivity index (χ2v) is 0.260. The first kappa shape index (κ1) is 8.91. The molecule has 0 saturated carbocycles. The first-order valence-electron chi connectivity index (χ1n) is 0.625. The Morgan fingerprint density at radius 2 is 1.40 bits per heavy atom. The van der Waals surface area contributed by atoms with E-state index in [4.69, 9.17) is 12.8 Å². The Morgan fingerprint density at radius 1 is 1.40 bits per heavy atom. The molecule has 0 radical (unpaired) electrons. The van der Waals surface area contributed by atoms with Crippen LogP contribution in [0.15, 0.2) is 0 Å². The quantitative estimate of drug-likeness (QED) is 0.357. The monoisotopic (exact) mass is 118 g/mol. The molecule has 1 N–H and O–H groups in total. The molecule has 0 rings (SSSR count). The van der Waals surface area contributed by atoms with Gasteiger partial charge in [-0.3, -0.25) is 0 Å². The molecular formula is CH3MnO3-. The van der Waals surface area contributed by atoms with Gasteiger partial charge in [0, 0.05) is 0 Å². The van der Waals surface area contributed by atoms with Crippen molar-refractivity contribution in [2.24, 2.45) is 0 Å². The van der Waals surface area contributed by atoms with E-state index in [1.807, 2.05) is 0 Å². The molecule has 0 aliphatic carbocycles. The minimum atomic E-state index is -1.44. The van der Waals surface area contributed by atoms with Crippen LogP contribution < -0.4 is 0 Å². The summed E-state index contributed by atoms with van der Waals surface area (Å²) in [5.74, 6) is 0. The maximum atomic E-state index is 8.41. The minimum absolute atomic E-state index is 1.44. The van der Waals surface area contributed by atoms with Gasteiger partial charge in [-0.25, -0.2) is 7.11 Å². The van der Waals surface area contributed by atoms with Crippen molar-refractivity contribution in [3.05, 3.63) is 7.11 Å². The summed E-state index contributed by atoms with van der Waals surface area (Å²) >= 11 is -1.44. The second kappa shape index (κ2) is 33.2. The predicted octanol–water partition coefficient (Wildman–Crippen LogP) is -0.0896. The SMILES string of the molecule is [CH2-]O.[O]=[Mn]=[O]. The van der Waals surface area contributed by atoms with Crippen LogP contribution in [0.2, 0.25) is 0 Å². The van der Waals surface area contributed by atoms with Gasteiger partial charge in [-0.2, -0.15) is 0 Å². The van der Waals surface area contributed by atoms with Crippen molar-refractivity contribution in [3.63, 3.8) is 0 Å². The van der Waals surface area contributed by atoms with Crippen LogP contribution in [0.5, 0.6) is 0 Å². The van der Waals surface area contributed by atoms with E-state index < -0.39 is 14.8 Å². The van der Waals surface area contributed by atoms with Crippen molar-refractivity contribution < 1.29 is 27.6 Å². The number of rotatable bonds is 0. The summed E-state index contributed by atoms with van der Waals surface area (Å²) in [6, 6.07) is 0. The van der Waals surface area contributed by atoms with Crippen LogP contribution in [0.1, 0.15) is 0 Å². The third-order valence-corrected chi connectivity index (χ3v) is 0. The van der Waals surface area contributed by atoms with E-state index in [0.717, 1.165) is 0 Å². The number of hydrogen-bond donors (Lipinski definition) is 1. The third kappa shape index (κ3) is 2790. The first-order chi connectivity index (χ1) is 2.41. The summed E-state index contributed by atoms with van der Waals surface area (Å²) in [4.78, 5) is 0. The third-order valence-electron chi connectivity index (χ3n) is 0. The average Bonchev–Trinajstić information content (AvgIpc) is 1.46. The standard InChI is InChI=1S/CH3O.Mn.2O/c1-2;;;/h2H,1H2;;;/q-1;;;. The molecule has 0 aromatic carbocycles. The van der Waals surface area contributed by atoms with E-state index in [-0.39, 0.29) is 0 Å². The average molecular weight is 118 g/mol. The van der Waals surface area contributed by atoms with Gasteiger partial charge in [0.2, 0.25) is 0 Å². The summed E-state index contributed by atoms with van der Waals surface area (Å²) in [6.07, 6.45) is 0. The van der Waals surface area contributed by atoms with E-state index in [9.17, 15) is 0 Å². The fraction of sp³-hybridized carbons (Fsp3) is 0. The fourth-order valence-electron chi connectivity index (χ4n) is 0. The molecular weight excluding hydrogens is 115 g/mol. The molecule has 0 heterocycles. The Bertz CT molecular complexity index is 27.9. The van der Waals surface area contributed by atoms with Crippen molar-refractivity contribution in [2.75, 3.05) is 0 Å². The summed E-state index contributed by atoms with van der Waals surface area (Å²) in [7, 11) is 2.25. The van der Waals surface area contributed by atoms with Gasteiger partial charge in [0.15, 0.2) is 0 Å². The molecule has 0 aromatic heterocycles. The van der Waals surface area contributed by atoms with Gasteiger partial charge in [0.05, 0.1) is 0 Å². The molecule has 4 heteroatoms. The zero-order chi connectivity index (χ0) is 4.71. The summed E-state index contributed by atoms with van der Waals surface area (Å²) in [6.45, 7) is 0. The molecule has 0 aromatic rings. The summed E-state index contributed by atoms with van der Waals surface area (Å²) in [5, 5.41) is 6.75. The van der Waals surface area contributed by atoms with Gasteiger partial charge in [0.1, 0.15) is 0 Å². The van der Waals surface area contributed by atoms with Crippen molar-refractivity contribution in [1.29, 1.82) is 0 Å². The predicted molar refractivity (Wildman–Crippen MR) is 8.67 cm³/mol. The van der Waals surface area contributed by atoms with Crippen LogP contribution >= 0.6 is 0 Å². The van der Waals surface area contributed by atoms with Crippen LogP contribution in [-0.4, -0.2) is 5.11 Å². The Labute approximate surface area is 35.6 Å². The Balaban J connectivity index is 0. The van der Waals surface area contributed by atoms with E-state index in [1.54, 1.807) is 0 Å². The molecule has 0 spiro atoms. The topological polar surface area (TPSA) is 54.4 Å². The molecule has 0 aliphatic rings. The Morgan fingerprint density at radius 3 is 1.40 bits per heavy atom. The van der Waals surface area contributed by atoms with Gasteiger partial charge in [-0.15, -0.1) is 0 Å². The molecule has 0 bridgehead atoms. The summed E-state index contributed by atoms with van der Waals surface area (Å²) < 4.78 is 16.8. The Kier molecular flexibility index (Phi) is 59.2. The van der Waals surface area contributed by atoms with Gasteiger partial charge >= 0.3 is 22.5 Å². The first-order valence-corrected chi connectivity index (χ1v) is 1.59. The Hall–Kier alpha value is 0.0795. The molecule has 0 amide bonds. The van der Waals surface area contributed by atoms with Gasteiger partial charge in [-0.05, 0) is 0 Å². The fourth-order valence-corrected chi connectivity index (χ4v) is 0. The van der Waals surface area contributed by atoms with Crippen molar-refractivity contribution >= 4 is 0 Å². The van der Waals surface area contributed by atoms with Crippen LogP contribution in [0.25, 0.3) is 0 Å². The number of aliphatic hydroxyl groups excluding tert-OH is 1. The van der Waals surface area contributed by atoms with E-state index in [1.165, 1.54) is 0 Å². The van der Waals surface area contributed by atoms with Crippen molar-refractivity contribution in [3.8, 4) is 0 Å². The molecule has 33 valence electrons. The molecule has 0 saturated heterocycles. The van der Waals surface area contributed by atoms with Crippen molar-refractivity contribution in [2.45, 2.75) is 0 Å². The van der Waals surface area contributed by atoms with Gasteiger partial charge in [-0.1, -0.05) is 0 Å². The van der Waals surface area contributed by atoms with E-state index in [0.29, 0.717) is 0 Å². The molecule has 0 aliphatic heterocycles. The van der Waals surface area contributed by atoms with Crippen LogP contribution in [0, 0.1) is 7.11 Å². The molecule has 3 nitrogen and oxygen atoms in total. The summed E-state index contributed by atoms with van der Waals surface area (Å²) in [5.41, 5.74) is 0. The van der Waals surface area contributed by atoms with Gasteiger partial charge in [0.25, 0.3) is 0 Å². The molecule has 0 fully saturated rings. The molecule has 5 heavy (non-hydrogen) atoms. The second-order valence-electron chi connectivity index (χ2n) is 0.0630. The zero-order valence-corrected chi connectivity index (χ0v) is 3.53. The number of hydrogen-bond acceptors (Lipinski definition) is 3. The van der Waals surface area contributed by atoms with Crippen LogP contribution in [0.3, 0.4) is 0 Å². The van der Waals surface area contributed by atoms with E-state index in [2.05, 4.69) is 7.11 Å². The maximum absolute atomic E-state index is 8.41. The normalized spacial score (nSPS) is 3.60.